The number of ketones is 1. The van der Waals surface area contributed by atoms with Crippen LogP contribution in [0, 0.1) is 12.8 Å². The number of benzene rings is 2. The molecule has 164 valence electrons. The van der Waals surface area contributed by atoms with Gasteiger partial charge in [0.25, 0.3) is 0 Å². The number of anilines is 1. The van der Waals surface area contributed by atoms with Gasteiger partial charge in [-0.05, 0) is 68.9 Å². The summed E-state index contributed by atoms with van der Waals surface area (Å²) >= 11 is 0. The standard InChI is InChI=1S/C25H30N2O3S/c1-17-9-11-21(12-10-17)26-15-22-6-4-7-23(16-26)27(22)31(29,30)25-8-3-5-19-13-20(18(2)28)14-24(19)25/h3,5,8-12,20,22-23H,4,6-7,13-16H2,1-2H3. The average Bonchev–Trinajstić information content (AvgIpc) is 3.18. The van der Waals surface area contributed by atoms with Crippen molar-refractivity contribution in [3.63, 3.8) is 0 Å². The summed E-state index contributed by atoms with van der Waals surface area (Å²) < 4.78 is 29.7. The van der Waals surface area contributed by atoms with E-state index in [0.29, 0.717) is 17.7 Å². The third-order valence-corrected chi connectivity index (χ3v) is 9.42. The minimum Gasteiger partial charge on any atom is -0.368 e. The van der Waals surface area contributed by atoms with Gasteiger partial charge in [0.05, 0.1) is 4.90 Å². The molecular weight excluding hydrogens is 408 g/mol. The van der Waals surface area contributed by atoms with Crippen molar-refractivity contribution in [1.82, 2.24) is 4.31 Å². The molecule has 1 aliphatic carbocycles. The molecule has 2 aromatic rings. The molecule has 6 heteroatoms. The van der Waals surface area contributed by atoms with Gasteiger partial charge < -0.3 is 4.90 Å². The number of nitrogens with zero attached hydrogens (tertiary/aromatic N) is 2. The fraction of sp³-hybridized carbons (Fsp3) is 0.480. The van der Waals surface area contributed by atoms with Crippen LogP contribution in [0.1, 0.15) is 42.9 Å². The fourth-order valence-corrected chi connectivity index (χ4v) is 7.82. The van der Waals surface area contributed by atoms with Crippen LogP contribution >= 0.6 is 0 Å². The average molecular weight is 439 g/mol. The topological polar surface area (TPSA) is 57.7 Å². The summed E-state index contributed by atoms with van der Waals surface area (Å²) in [6, 6.07) is 14.1. The van der Waals surface area contributed by atoms with E-state index >= 15 is 0 Å². The highest BCUT2D eigenvalue weighted by atomic mass is 32.2. The van der Waals surface area contributed by atoms with Crippen LogP contribution in [0.4, 0.5) is 5.69 Å². The van der Waals surface area contributed by atoms with Gasteiger partial charge in [-0.25, -0.2) is 8.42 Å². The lowest BCUT2D eigenvalue weighted by molar-refractivity contribution is -0.120. The summed E-state index contributed by atoms with van der Waals surface area (Å²) in [7, 11) is -3.61. The first-order valence-electron chi connectivity index (χ1n) is 11.3. The first-order chi connectivity index (χ1) is 14.8. The number of carbonyl (C=O) groups excluding carboxylic acids is 1. The highest BCUT2D eigenvalue weighted by Gasteiger charge is 2.45. The van der Waals surface area contributed by atoms with Gasteiger partial charge in [-0.1, -0.05) is 36.2 Å². The van der Waals surface area contributed by atoms with Gasteiger partial charge in [0, 0.05) is 36.8 Å². The molecule has 2 bridgehead atoms. The Balaban J connectivity index is 1.47. The molecular formula is C25H30N2O3S. The molecule has 3 aliphatic rings. The Morgan fingerprint density at radius 1 is 0.968 bits per heavy atom. The van der Waals surface area contributed by atoms with E-state index in [1.54, 1.807) is 13.0 Å². The van der Waals surface area contributed by atoms with E-state index in [-0.39, 0.29) is 23.8 Å². The summed E-state index contributed by atoms with van der Waals surface area (Å²) in [5.41, 5.74) is 4.28. The predicted molar refractivity (Wildman–Crippen MR) is 122 cm³/mol. The van der Waals surface area contributed by atoms with Crippen molar-refractivity contribution in [3.05, 3.63) is 59.2 Å². The molecule has 0 aromatic heterocycles. The number of piperidine rings is 1. The van der Waals surface area contributed by atoms with Gasteiger partial charge in [-0.3, -0.25) is 4.79 Å². The lowest BCUT2D eigenvalue weighted by atomic mass is 9.93. The lowest BCUT2D eigenvalue weighted by Gasteiger charge is -2.49. The molecule has 2 fully saturated rings. The molecule has 0 saturated carbocycles. The number of fused-ring (bicyclic) bond motifs is 3. The van der Waals surface area contributed by atoms with E-state index in [9.17, 15) is 13.2 Å². The summed E-state index contributed by atoms with van der Waals surface area (Å²) in [5.74, 6) is 0.0485. The monoisotopic (exact) mass is 438 g/mol. The van der Waals surface area contributed by atoms with Gasteiger partial charge in [0.15, 0.2) is 0 Å². The molecule has 0 spiro atoms. The number of Topliss-reactive ketones (excluding diaryl/α,β-unsaturated/α-hetero) is 1. The van der Waals surface area contributed by atoms with E-state index < -0.39 is 10.0 Å². The highest BCUT2D eigenvalue weighted by Crippen LogP contribution is 2.39. The third kappa shape index (κ3) is 3.60. The largest absolute Gasteiger partial charge is 0.368 e. The van der Waals surface area contributed by atoms with E-state index in [4.69, 9.17) is 0 Å². The molecule has 3 atom stereocenters. The first-order valence-corrected chi connectivity index (χ1v) is 12.7. The van der Waals surface area contributed by atoms with Crippen molar-refractivity contribution in [1.29, 1.82) is 0 Å². The molecule has 2 saturated heterocycles. The van der Waals surface area contributed by atoms with Crippen LogP contribution in [0.5, 0.6) is 0 Å². The number of hydrogen-bond donors (Lipinski definition) is 0. The van der Waals surface area contributed by atoms with Crippen LogP contribution in [0.2, 0.25) is 0 Å². The molecule has 31 heavy (non-hydrogen) atoms. The molecule has 2 aliphatic heterocycles. The van der Waals surface area contributed by atoms with Gasteiger partial charge in [0.1, 0.15) is 5.78 Å². The maximum absolute atomic E-state index is 13.9. The Bertz CT molecular complexity index is 1100. The Labute approximate surface area is 185 Å². The third-order valence-electron chi connectivity index (χ3n) is 7.33. The fourth-order valence-electron chi connectivity index (χ4n) is 5.69. The number of piperazine rings is 1. The zero-order valence-electron chi connectivity index (χ0n) is 18.3. The number of aryl methyl sites for hydroxylation is 1. The first kappa shape index (κ1) is 20.7. The SMILES string of the molecule is CC(=O)C1Cc2cccc(S(=O)(=O)N3C4CCCC3CN(c3ccc(C)cc3)C4)c2C1. The molecule has 2 heterocycles. The number of rotatable bonds is 4. The molecule has 0 N–H and O–H groups in total. The minimum atomic E-state index is -3.61. The number of hydrogen-bond acceptors (Lipinski definition) is 4. The van der Waals surface area contributed by atoms with Gasteiger partial charge >= 0.3 is 0 Å². The van der Waals surface area contributed by atoms with E-state index in [0.717, 1.165) is 43.5 Å². The van der Waals surface area contributed by atoms with Gasteiger partial charge in [-0.2, -0.15) is 4.31 Å². The molecule has 2 aromatic carbocycles. The minimum absolute atomic E-state index is 0.0142. The second-order valence-corrected chi connectivity index (χ2v) is 11.2. The van der Waals surface area contributed by atoms with Crippen molar-refractivity contribution in [2.75, 3.05) is 18.0 Å². The molecule has 0 amide bonds. The van der Waals surface area contributed by atoms with Crippen molar-refractivity contribution in [2.45, 2.75) is 62.9 Å². The van der Waals surface area contributed by atoms with Crippen LogP contribution < -0.4 is 4.90 Å². The smallest absolute Gasteiger partial charge is 0.243 e. The zero-order valence-corrected chi connectivity index (χ0v) is 19.1. The summed E-state index contributed by atoms with van der Waals surface area (Å²) in [6.45, 7) is 5.14. The summed E-state index contributed by atoms with van der Waals surface area (Å²) in [5, 5.41) is 0. The molecule has 0 radical (unpaired) electrons. The lowest BCUT2D eigenvalue weighted by Crippen LogP contribution is -2.62. The molecule has 5 rings (SSSR count). The second-order valence-electron chi connectivity index (χ2n) is 9.42. The Kier molecular flexibility index (Phi) is 5.18. The molecule has 5 nitrogen and oxygen atoms in total. The zero-order chi connectivity index (χ0) is 21.8. The summed E-state index contributed by atoms with van der Waals surface area (Å²) in [6.07, 6.45) is 4.05. The van der Waals surface area contributed by atoms with Crippen molar-refractivity contribution in [3.8, 4) is 0 Å². The Hall–Kier alpha value is -2.18. The number of carbonyl (C=O) groups is 1. The van der Waals surface area contributed by atoms with Crippen LogP contribution in [-0.4, -0.2) is 43.7 Å². The van der Waals surface area contributed by atoms with Crippen LogP contribution in [0.15, 0.2) is 47.4 Å². The second kappa shape index (κ2) is 7.75. The van der Waals surface area contributed by atoms with Crippen LogP contribution in [0.3, 0.4) is 0 Å². The van der Waals surface area contributed by atoms with E-state index in [2.05, 4.69) is 36.1 Å². The quantitative estimate of drug-likeness (QED) is 0.730. The Morgan fingerprint density at radius 2 is 1.65 bits per heavy atom. The number of sulfonamides is 1. The highest BCUT2D eigenvalue weighted by molar-refractivity contribution is 7.89. The normalized spacial score (nSPS) is 26.0. The van der Waals surface area contributed by atoms with Crippen molar-refractivity contribution in [2.24, 2.45) is 5.92 Å². The van der Waals surface area contributed by atoms with E-state index in [1.165, 1.54) is 11.3 Å². The van der Waals surface area contributed by atoms with Gasteiger partial charge in [0.2, 0.25) is 10.0 Å². The maximum Gasteiger partial charge on any atom is 0.243 e. The van der Waals surface area contributed by atoms with Crippen LogP contribution in [0.25, 0.3) is 0 Å². The molecule has 3 unspecified atom stereocenters. The van der Waals surface area contributed by atoms with E-state index in [1.807, 2.05) is 16.4 Å². The van der Waals surface area contributed by atoms with Crippen molar-refractivity contribution < 1.29 is 13.2 Å². The predicted octanol–water partition coefficient (Wildman–Crippen LogP) is 3.73. The summed E-state index contributed by atoms with van der Waals surface area (Å²) in [4.78, 5) is 14.7. The van der Waals surface area contributed by atoms with Gasteiger partial charge in [-0.15, -0.1) is 0 Å². The van der Waals surface area contributed by atoms with Crippen LogP contribution in [-0.2, 0) is 27.7 Å². The van der Waals surface area contributed by atoms with Crippen molar-refractivity contribution >= 4 is 21.5 Å². The maximum atomic E-state index is 13.9. The Morgan fingerprint density at radius 3 is 2.29 bits per heavy atom.